The molecule has 3 rings (SSSR count). The van der Waals surface area contributed by atoms with E-state index in [2.05, 4.69) is 17.9 Å². The summed E-state index contributed by atoms with van der Waals surface area (Å²) in [6.45, 7) is 5.39. The monoisotopic (exact) mass is 416 g/mol. The number of aryl methyl sites for hydroxylation is 1. The van der Waals surface area contributed by atoms with Crippen LogP contribution in [0.3, 0.4) is 0 Å². The number of piperazine rings is 1. The number of halogens is 1. The van der Waals surface area contributed by atoms with Gasteiger partial charge < -0.3 is 14.4 Å². The average molecular weight is 417 g/mol. The number of methoxy groups -OCH3 is 2. The molecule has 1 heterocycles. The fraction of sp³-hybridized carbons (Fsp3) is 0.435. The van der Waals surface area contributed by atoms with Crippen molar-refractivity contribution in [3.63, 3.8) is 0 Å². The van der Waals surface area contributed by atoms with Crippen LogP contribution in [0.5, 0.6) is 11.5 Å². The van der Waals surface area contributed by atoms with E-state index < -0.39 is 0 Å². The summed E-state index contributed by atoms with van der Waals surface area (Å²) in [7, 11) is 3.24. The molecule has 0 radical (unpaired) electrons. The van der Waals surface area contributed by atoms with E-state index >= 15 is 0 Å². The lowest BCUT2D eigenvalue weighted by molar-refractivity contribution is -0.133. The minimum atomic E-state index is 0.199. The van der Waals surface area contributed by atoms with Gasteiger partial charge in [0.1, 0.15) is 0 Å². The second-order valence-electron chi connectivity index (χ2n) is 7.30. The number of hydrogen-bond acceptors (Lipinski definition) is 4. The van der Waals surface area contributed by atoms with Crippen LogP contribution in [-0.4, -0.2) is 56.1 Å². The van der Waals surface area contributed by atoms with Gasteiger partial charge in [0.05, 0.1) is 14.2 Å². The summed E-state index contributed by atoms with van der Waals surface area (Å²) in [4.78, 5) is 17.0. The van der Waals surface area contributed by atoms with Crippen LogP contribution in [0.2, 0.25) is 5.02 Å². The quantitative estimate of drug-likeness (QED) is 0.678. The molecular formula is C23H29ClN2O3. The van der Waals surface area contributed by atoms with Crippen LogP contribution in [0.4, 0.5) is 0 Å². The average Bonchev–Trinajstić information content (AvgIpc) is 2.77. The summed E-state index contributed by atoms with van der Waals surface area (Å²) in [5.74, 6) is 1.59. The van der Waals surface area contributed by atoms with E-state index in [4.69, 9.17) is 21.1 Å². The van der Waals surface area contributed by atoms with Crippen LogP contribution in [0.1, 0.15) is 30.5 Å². The van der Waals surface area contributed by atoms with Crippen LogP contribution in [0.25, 0.3) is 0 Å². The maximum Gasteiger partial charge on any atom is 0.222 e. The maximum absolute atomic E-state index is 12.7. The zero-order chi connectivity index (χ0) is 20.8. The third kappa shape index (κ3) is 5.22. The molecule has 0 saturated carbocycles. The van der Waals surface area contributed by atoms with Crippen molar-refractivity contribution in [2.45, 2.75) is 25.8 Å². The van der Waals surface area contributed by atoms with Gasteiger partial charge in [-0.3, -0.25) is 9.69 Å². The van der Waals surface area contributed by atoms with Gasteiger partial charge in [-0.2, -0.15) is 0 Å². The number of benzene rings is 2. The van der Waals surface area contributed by atoms with Gasteiger partial charge >= 0.3 is 0 Å². The number of carbonyl (C=O) groups is 1. The molecule has 1 aliphatic rings. The lowest BCUT2D eigenvalue weighted by Gasteiger charge is -2.38. The predicted octanol–water partition coefficient (Wildman–Crippen LogP) is 4.20. The highest BCUT2D eigenvalue weighted by Crippen LogP contribution is 2.29. The standard InChI is InChI=1S/C23H29ClN2O3/c1-17(19-6-4-5-7-20(19)24)25-12-14-26(15-13-25)23(27)11-9-18-8-10-21(28-2)22(16-18)29-3/h4-8,10,16-17H,9,11-15H2,1-3H3. The Kier molecular flexibility index (Phi) is 7.40. The summed E-state index contributed by atoms with van der Waals surface area (Å²) in [5, 5.41) is 0.799. The van der Waals surface area contributed by atoms with Gasteiger partial charge in [0.25, 0.3) is 0 Å². The molecule has 1 amide bonds. The minimum Gasteiger partial charge on any atom is -0.493 e. The Morgan fingerprint density at radius 1 is 1.03 bits per heavy atom. The second-order valence-corrected chi connectivity index (χ2v) is 7.71. The lowest BCUT2D eigenvalue weighted by Crippen LogP contribution is -2.49. The number of carbonyl (C=O) groups excluding carboxylic acids is 1. The Labute approximate surface area is 178 Å². The first kappa shape index (κ1) is 21.5. The summed E-state index contributed by atoms with van der Waals surface area (Å²) in [6, 6.07) is 14.0. The van der Waals surface area contributed by atoms with Crippen molar-refractivity contribution in [1.29, 1.82) is 0 Å². The number of ether oxygens (including phenoxy) is 2. The SMILES string of the molecule is COc1ccc(CCC(=O)N2CCN(C(C)c3ccccc3Cl)CC2)cc1OC. The van der Waals surface area contributed by atoms with Gasteiger partial charge in [0, 0.05) is 43.7 Å². The fourth-order valence-corrected chi connectivity index (χ4v) is 4.11. The van der Waals surface area contributed by atoms with Crippen molar-refractivity contribution in [2.24, 2.45) is 0 Å². The molecule has 0 spiro atoms. The molecule has 0 aromatic heterocycles. The molecule has 0 N–H and O–H groups in total. The van der Waals surface area contributed by atoms with E-state index in [1.54, 1.807) is 14.2 Å². The van der Waals surface area contributed by atoms with Crippen LogP contribution in [0.15, 0.2) is 42.5 Å². The molecule has 0 aliphatic carbocycles. The number of rotatable bonds is 7. The highest BCUT2D eigenvalue weighted by Gasteiger charge is 2.25. The predicted molar refractivity (Wildman–Crippen MR) is 116 cm³/mol. The van der Waals surface area contributed by atoms with Gasteiger partial charge in [-0.15, -0.1) is 0 Å². The van der Waals surface area contributed by atoms with Crippen LogP contribution < -0.4 is 9.47 Å². The molecule has 5 nitrogen and oxygen atoms in total. The Morgan fingerprint density at radius 2 is 1.72 bits per heavy atom. The van der Waals surface area contributed by atoms with Gasteiger partial charge in [-0.1, -0.05) is 35.9 Å². The van der Waals surface area contributed by atoms with E-state index in [-0.39, 0.29) is 11.9 Å². The number of hydrogen-bond donors (Lipinski definition) is 0. The highest BCUT2D eigenvalue weighted by atomic mass is 35.5. The summed E-state index contributed by atoms with van der Waals surface area (Å²) >= 11 is 6.35. The number of nitrogens with zero attached hydrogens (tertiary/aromatic N) is 2. The van der Waals surface area contributed by atoms with Gasteiger partial charge in [0.15, 0.2) is 11.5 Å². The van der Waals surface area contributed by atoms with E-state index in [0.717, 1.165) is 42.3 Å². The van der Waals surface area contributed by atoms with Crippen molar-refractivity contribution < 1.29 is 14.3 Å². The third-order valence-corrected chi connectivity index (χ3v) is 5.99. The largest absolute Gasteiger partial charge is 0.493 e. The van der Waals surface area contributed by atoms with Crippen molar-refractivity contribution in [3.8, 4) is 11.5 Å². The first-order valence-corrected chi connectivity index (χ1v) is 10.4. The molecule has 1 atom stereocenters. The van der Waals surface area contributed by atoms with Crippen LogP contribution >= 0.6 is 11.6 Å². The molecule has 1 saturated heterocycles. The Morgan fingerprint density at radius 3 is 2.38 bits per heavy atom. The first-order chi connectivity index (χ1) is 14.0. The minimum absolute atomic E-state index is 0.199. The Hall–Kier alpha value is -2.24. The Balaban J connectivity index is 1.51. The zero-order valence-electron chi connectivity index (χ0n) is 17.4. The van der Waals surface area contributed by atoms with Crippen molar-refractivity contribution in [3.05, 3.63) is 58.6 Å². The lowest BCUT2D eigenvalue weighted by atomic mass is 10.1. The normalized spacial score (nSPS) is 15.8. The van der Waals surface area contributed by atoms with Crippen molar-refractivity contribution in [1.82, 2.24) is 9.80 Å². The topological polar surface area (TPSA) is 42.0 Å². The van der Waals surface area contributed by atoms with E-state index in [0.29, 0.717) is 24.3 Å². The Bertz CT molecular complexity index is 835. The molecule has 0 bridgehead atoms. The van der Waals surface area contributed by atoms with Gasteiger partial charge in [0.2, 0.25) is 5.91 Å². The molecule has 6 heteroatoms. The van der Waals surface area contributed by atoms with Gasteiger partial charge in [-0.25, -0.2) is 0 Å². The molecule has 29 heavy (non-hydrogen) atoms. The first-order valence-electron chi connectivity index (χ1n) is 10.0. The molecule has 2 aromatic carbocycles. The highest BCUT2D eigenvalue weighted by molar-refractivity contribution is 6.31. The summed E-state index contributed by atoms with van der Waals surface area (Å²) < 4.78 is 10.6. The molecule has 156 valence electrons. The van der Waals surface area contributed by atoms with E-state index in [9.17, 15) is 4.79 Å². The van der Waals surface area contributed by atoms with E-state index in [1.807, 2.05) is 41.3 Å². The zero-order valence-corrected chi connectivity index (χ0v) is 18.1. The number of amides is 1. The molecule has 2 aromatic rings. The maximum atomic E-state index is 12.7. The third-order valence-electron chi connectivity index (χ3n) is 5.65. The van der Waals surface area contributed by atoms with Crippen molar-refractivity contribution >= 4 is 17.5 Å². The molecule has 1 aliphatic heterocycles. The van der Waals surface area contributed by atoms with Crippen LogP contribution in [0, 0.1) is 0 Å². The van der Waals surface area contributed by atoms with Crippen LogP contribution in [-0.2, 0) is 11.2 Å². The molecule has 1 unspecified atom stereocenters. The molecular weight excluding hydrogens is 388 g/mol. The van der Waals surface area contributed by atoms with Crippen molar-refractivity contribution in [2.75, 3.05) is 40.4 Å². The summed E-state index contributed by atoms with van der Waals surface area (Å²) in [5.41, 5.74) is 2.21. The second kappa shape index (κ2) is 9.99. The summed E-state index contributed by atoms with van der Waals surface area (Å²) in [6.07, 6.45) is 1.19. The fourth-order valence-electron chi connectivity index (χ4n) is 3.81. The van der Waals surface area contributed by atoms with E-state index in [1.165, 1.54) is 0 Å². The smallest absolute Gasteiger partial charge is 0.222 e. The van der Waals surface area contributed by atoms with Gasteiger partial charge in [-0.05, 0) is 42.7 Å². The molecule has 1 fully saturated rings.